The lowest BCUT2D eigenvalue weighted by atomic mass is 10.0. The van der Waals surface area contributed by atoms with E-state index in [1.54, 1.807) is 12.1 Å². The Kier molecular flexibility index (Phi) is 4.90. The first kappa shape index (κ1) is 19.6. The molecule has 0 saturated heterocycles. The largest absolute Gasteiger partial charge is 0.465 e. The van der Waals surface area contributed by atoms with Gasteiger partial charge in [-0.3, -0.25) is 0 Å². The molecule has 2 aromatic heterocycles. The number of fused-ring (bicyclic) bond motifs is 2. The summed E-state index contributed by atoms with van der Waals surface area (Å²) in [6, 6.07) is 21.0. The molecule has 6 nitrogen and oxygen atoms in total. The molecule has 0 saturated carbocycles. The predicted octanol–water partition coefficient (Wildman–Crippen LogP) is 5.08. The van der Waals surface area contributed by atoms with Gasteiger partial charge >= 0.3 is 0 Å². The quantitative estimate of drug-likeness (QED) is 0.457. The van der Waals surface area contributed by atoms with Crippen LogP contribution in [0.15, 0.2) is 76.0 Å². The van der Waals surface area contributed by atoms with Gasteiger partial charge in [-0.1, -0.05) is 24.3 Å². The Morgan fingerprint density at radius 2 is 1.90 bits per heavy atom. The summed E-state index contributed by atoms with van der Waals surface area (Å²) in [6.45, 7) is 2.49. The molecule has 0 aliphatic carbocycles. The van der Waals surface area contributed by atoms with E-state index in [1.807, 2.05) is 61.5 Å². The molecule has 0 radical (unpaired) electrons. The van der Waals surface area contributed by atoms with Crippen LogP contribution in [-0.4, -0.2) is 19.2 Å². The highest BCUT2D eigenvalue weighted by Crippen LogP contribution is 2.36. The van der Waals surface area contributed by atoms with Crippen LogP contribution in [0.5, 0.6) is 0 Å². The van der Waals surface area contributed by atoms with Gasteiger partial charge in [-0.25, -0.2) is 13.4 Å². The summed E-state index contributed by atoms with van der Waals surface area (Å²) < 4.78 is 30.5. The number of nitrogens with one attached hydrogen (secondary N) is 2. The molecule has 5 rings (SSSR count). The second kappa shape index (κ2) is 7.74. The summed E-state index contributed by atoms with van der Waals surface area (Å²) >= 11 is 0. The lowest BCUT2D eigenvalue weighted by molar-refractivity contribution is 0.490. The topological polar surface area (TPSA) is 84.2 Å². The normalized spacial score (nSPS) is 17.3. The first-order valence-electron chi connectivity index (χ1n) is 10.3. The monoisotopic (exact) mass is 433 g/mol. The molecule has 0 fully saturated rings. The van der Waals surface area contributed by atoms with Crippen molar-refractivity contribution in [3.63, 3.8) is 0 Å². The Balaban J connectivity index is 1.41. The molecule has 31 heavy (non-hydrogen) atoms. The Morgan fingerprint density at radius 3 is 2.74 bits per heavy atom. The number of pyridine rings is 1. The molecule has 7 heteroatoms. The molecule has 3 heterocycles. The molecule has 0 spiro atoms. The van der Waals surface area contributed by atoms with Crippen LogP contribution in [0.3, 0.4) is 0 Å². The molecule has 2 aromatic carbocycles. The van der Waals surface area contributed by atoms with E-state index in [0.717, 1.165) is 39.5 Å². The van der Waals surface area contributed by atoms with Crippen LogP contribution in [0.4, 0.5) is 11.5 Å². The highest BCUT2D eigenvalue weighted by molar-refractivity contribution is 7.91. The maximum absolute atomic E-state index is 12.4. The molecule has 158 valence electrons. The standard InChI is InChI=1S/C24H23N3O3S/c1-16-9-10-17(30-16)15-25-24-12-11-18-20(6-4-7-21(18)27-24)26-22-13-14-31(28,29)23-8-3-2-5-19(22)23/h2-12,22,26H,13-15H2,1H3,(H,25,27). The van der Waals surface area contributed by atoms with E-state index in [1.165, 1.54) is 0 Å². The lowest BCUT2D eigenvalue weighted by Crippen LogP contribution is -2.24. The van der Waals surface area contributed by atoms with Crippen molar-refractivity contribution in [3.05, 3.63) is 83.8 Å². The average Bonchev–Trinajstić information content (AvgIpc) is 3.19. The Labute approximate surface area is 181 Å². The number of hydrogen-bond acceptors (Lipinski definition) is 6. The average molecular weight is 434 g/mol. The van der Waals surface area contributed by atoms with Gasteiger partial charge in [0.2, 0.25) is 0 Å². The zero-order valence-electron chi connectivity index (χ0n) is 17.1. The van der Waals surface area contributed by atoms with Crippen molar-refractivity contribution in [2.45, 2.75) is 30.8 Å². The number of anilines is 2. The molecule has 1 unspecified atom stereocenters. The number of benzene rings is 2. The molecule has 0 bridgehead atoms. The SMILES string of the molecule is Cc1ccc(CNc2ccc3c(NC4CCS(=O)(=O)c5ccccc54)cccc3n2)o1. The maximum Gasteiger partial charge on any atom is 0.178 e. The van der Waals surface area contributed by atoms with Crippen LogP contribution in [0, 0.1) is 6.92 Å². The molecule has 4 aromatic rings. The number of rotatable bonds is 5. The molecular weight excluding hydrogens is 410 g/mol. The van der Waals surface area contributed by atoms with E-state index in [4.69, 9.17) is 9.40 Å². The van der Waals surface area contributed by atoms with Gasteiger partial charge < -0.3 is 15.1 Å². The van der Waals surface area contributed by atoms with E-state index in [2.05, 4.69) is 10.6 Å². The highest BCUT2D eigenvalue weighted by Gasteiger charge is 2.30. The second-order valence-corrected chi connectivity index (χ2v) is 9.85. The third-order valence-corrected chi connectivity index (χ3v) is 7.42. The van der Waals surface area contributed by atoms with E-state index in [-0.39, 0.29) is 11.8 Å². The van der Waals surface area contributed by atoms with Crippen molar-refractivity contribution in [2.75, 3.05) is 16.4 Å². The Bertz CT molecular complexity index is 1360. The fourth-order valence-corrected chi connectivity index (χ4v) is 5.69. The number of sulfone groups is 1. The van der Waals surface area contributed by atoms with Crippen LogP contribution < -0.4 is 10.6 Å². The van der Waals surface area contributed by atoms with E-state index in [0.29, 0.717) is 17.9 Å². The summed E-state index contributed by atoms with van der Waals surface area (Å²) in [4.78, 5) is 5.16. The van der Waals surface area contributed by atoms with Gasteiger partial charge in [0.15, 0.2) is 9.84 Å². The van der Waals surface area contributed by atoms with Gasteiger partial charge in [0.25, 0.3) is 0 Å². The minimum Gasteiger partial charge on any atom is -0.465 e. The minimum absolute atomic E-state index is 0.0645. The van der Waals surface area contributed by atoms with Crippen molar-refractivity contribution in [1.82, 2.24) is 4.98 Å². The van der Waals surface area contributed by atoms with E-state index < -0.39 is 9.84 Å². The van der Waals surface area contributed by atoms with E-state index >= 15 is 0 Å². The molecule has 0 amide bonds. The van der Waals surface area contributed by atoms with Gasteiger partial charge in [-0.05, 0) is 61.4 Å². The first-order chi connectivity index (χ1) is 15.0. The van der Waals surface area contributed by atoms with Crippen LogP contribution in [0.25, 0.3) is 10.9 Å². The van der Waals surface area contributed by atoms with Crippen LogP contribution in [0.1, 0.15) is 29.5 Å². The van der Waals surface area contributed by atoms with Crippen LogP contribution >= 0.6 is 0 Å². The molecule has 1 aliphatic heterocycles. The van der Waals surface area contributed by atoms with Gasteiger partial charge in [-0.15, -0.1) is 0 Å². The molecule has 1 atom stereocenters. The summed E-state index contributed by atoms with van der Waals surface area (Å²) in [5, 5.41) is 7.85. The fourth-order valence-electron chi connectivity index (χ4n) is 4.06. The minimum atomic E-state index is -3.21. The highest BCUT2D eigenvalue weighted by atomic mass is 32.2. The zero-order valence-corrected chi connectivity index (χ0v) is 17.9. The van der Waals surface area contributed by atoms with Crippen molar-refractivity contribution in [3.8, 4) is 0 Å². The first-order valence-corrected chi connectivity index (χ1v) is 11.9. The van der Waals surface area contributed by atoms with Crippen molar-refractivity contribution in [1.29, 1.82) is 0 Å². The summed E-state index contributed by atoms with van der Waals surface area (Å²) in [5.74, 6) is 2.66. The third kappa shape index (κ3) is 3.88. The van der Waals surface area contributed by atoms with Gasteiger partial charge in [-0.2, -0.15) is 0 Å². The second-order valence-electron chi connectivity index (χ2n) is 7.78. The van der Waals surface area contributed by atoms with Crippen molar-refractivity contribution < 1.29 is 12.8 Å². The molecular formula is C24H23N3O3S. The summed E-state index contributed by atoms with van der Waals surface area (Å²) in [6.07, 6.45) is 0.533. The van der Waals surface area contributed by atoms with E-state index in [9.17, 15) is 8.42 Å². The zero-order chi connectivity index (χ0) is 21.4. The summed E-state index contributed by atoms with van der Waals surface area (Å²) in [5.41, 5.74) is 2.63. The third-order valence-electron chi connectivity index (χ3n) is 5.61. The Hall–Kier alpha value is -3.32. The lowest BCUT2D eigenvalue weighted by Gasteiger charge is -2.27. The predicted molar refractivity (Wildman–Crippen MR) is 122 cm³/mol. The number of hydrogen-bond donors (Lipinski definition) is 2. The molecule has 2 N–H and O–H groups in total. The number of furan rings is 1. The van der Waals surface area contributed by atoms with Crippen molar-refractivity contribution >= 4 is 32.2 Å². The smallest absolute Gasteiger partial charge is 0.178 e. The van der Waals surface area contributed by atoms with Crippen molar-refractivity contribution in [2.24, 2.45) is 0 Å². The van der Waals surface area contributed by atoms with Gasteiger partial charge in [0.05, 0.1) is 28.8 Å². The number of aromatic nitrogens is 1. The Morgan fingerprint density at radius 1 is 1.03 bits per heavy atom. The van der Waals surface area contributed by atoms with Crippen LogP contribution in [-0.2, 0) is 16.4 Å². The fraction of sp³-hybridized carbons (Fsp3) is 0.208. The van der Waals surface area contributed by atoms with Gasteiger partial charge in [0, 0.05) is 11.1 Å². The summed E-state index contributed by atoms with van der Waals surface area (Å²) in [7, 11) is -3.21. The van der Waals surface area contributed by atoms with Gasteiger partial charge in [0.1, 0.15) is 17.3 Å². The number of aryl methyl sites for hydroxylation is 1. The maximum atomic E-state index is 12.4. The molecule has 1 aliphatic rings. The number of nitrogens with zero attached hydrogens (tertiary/aromatic N) is 1. The van der Waals surface area contributed by atoms with Crippen LogP contribution in [0.2, 0.25) is 0 Å².